The Morgan fingerprint density at radius 1 is 1.21 bits per heavy atom. The van der Waals surface area contributed by atoms with E-state index in [2.05, 4.69) is 5.32 Å². The molecule has 1 saturated heterocycles. The van der Waals surface area contributed by atoms with Crippen LogP contribution in [0.4, 0.5) is 0 Å². The zero-order valence-corrected chi connectivity index (χ0v) is 17.2. The summed E-state index contributed by atoms with van der Waals surface area (Å²) < 4.78 is 10.7. The van der Waals surface area contributed by atoms with Crippen molar-refractivity contribution in [3.63, 3.8) is 0 Å². The summed E-state index contributed by atoms with van der Waals surface area (Å²) >= 11 is 0. The fourth-order valence-electron chi connectivity index (χ4n) is 3.34. The maximum Gasteiger partial charge on any atom is 0.325 e. The van der Waals surface area contributed by atoms with Crippen molar-refractivity contribution in [2.24, 2.45) is 5.92 Å². The van der Waals surface area contributed by atoms with Crippen molar-refractivity contribution in [3.8, 4) is 11.5 Å². The third-order valence-corrected chi connectivity index (χ3v) is 5.12. The number of amides is 2. The van der Waals surface area contributed by atoms with Crippen molar-refractivity contribution in [3.05, 3.63) is 29.3 Å². The molecular weight excluding hydrogens is 376 g/mol. The molecule has 1 fully saturated rings. The average molecular weight is 404 g/mol. The summed E-state index contributed by atoms with van der Waals surface area (Å²) in [4.78, 5) is 37.2. The minimum Gasteiger partial charge on any atom is -0.496 e. The molecule has 0 aliphatic carbocycles. The smallest absolute Gasteiger partial charge is 0.325 e. The standard InChI is InChI=1S/C21H28N2O6/c1-13-17(28-3)7-5-15(19(13)29-4)6-8-18(24)23-11-9-16(10-12-23)20(25)22-14(2)21(26)27/h5-8,14,16H,9-12H2,1-4H3,(H,22,25)(H,26,27). The molecule has 0 aromatic heterocycles. The van der Waals surface area contributed by atoms with Crippen LogP contribution in [0, 0.1) is 12.8 Å². The van der Waals surface area contributed by atoms with Crippen LogP contribution in [0.2, 0.25) is 0 Å². The number of aliphatic carboxylic acids is 1. The second-order valence-electron chi connectivity index (χ2n) is 7.02. The third-order valence-electron chi connectivity index (χ3n) is 5.12. The van der Waals surface area contributed by atoms with Crippen LogP contribution in [-0.4, -0.2) is 61.1 Å². The van der Waals surface area contributed by atoms with Crippen LogP contribution >= 0.6 is 0 Å². The Balaban J connectivity index is 1.96. The van der Waals surface area contributed by atoms with Crippen LogP contribution in [0.3, 0.4) is 0 Å². The van der Waals surface area contributed by atoms with Crippen molar-refractivity contribution < 1.29 is 29.0 Å². The Morgan fingerprint density at radius 3 is 2.41 bits per heavy atom. The van der Waals surface area contributed by atoms with Gasteiger partial charge in [0.15, 0.2) is 0 Å². The first-order valence-electron chi connectivity index (χ1n) is 9.50. The number of ether oxygens (including phenoxy) is 2. The van der Waals surface area contributed by atoms with E-state index < -0.39 is 12.0 Å². The van der Waals surface area contributed by atoms with E-state index in [0.29, 0.717) is 37.4 Å². The van der Waals surface area contributed by atoms with Crippen LogP contribution in [-0.2, 0) is 14.4 Å². The molecule has 29 heavy (non-hydrogen) atoms. The summed E-state index contributed by atoms with van der Waals surface area (Å²) in [5.41, 5.74) is 1.63. The van der Waals surface area contributed by atoms with Gasteiger partial charge < -0.3 is 24.8 Å². The van der Waals surface area contributed by atoms with Gasteiger partial charge in [0.25, 0.3) is 0 Å². The highest BCUT2D eigenvalue weighted by molar-refractivity contribution is 5.92. The van der Waals surface area contributed by atoms with Gasteiger partial charge in [0.05, 0.1) is 14.2 Å². The molecule has 0 saturated carbocycles. The molecule has 158 valence electrons. The molecule has 1 atom stereocenters. The normalized spacial score (nSPS) is 15.8. The molecule has 1 aromatic carbocycles. The topological polar surface area (TPSA) is 105 Å². The number of nitrogens with zero attached hydrogens (tertiary/aromatic N) is 1. The number of piperidine rings is 1. The number of likely N-dealkylation sites (tertiary alicyclic amines) is 1. The minimum absolute atomic E-state index is 0.140. The maximum atomic E-state index is 12.5. The molecule has 1 unspecified atom stereocenters. The highest BCUT2D eigenvalue weighted by atomic mass is 16.5. The van der Waals surface area contributed by atoms with Crippen molar-refractivity contribution in [1.82, 2.24) is 10.2 Å². The van der Waals surface area contributed by atoms with Gasteiger partial charge in [-0.1, -0.05) is 0 Å². The van der Waals surface area contributed by atoms with E-state index in [1.165, 1.54) is 13.0 Å². The zero-order chi connectivity index (χ0) is 21.6. The predicted molar refractivity (Wildman–Crippen MR) is 108 cm³/mol. The number of benzene rings is 1. The summed E-state index contributed by atoms with van der Waals surface area (Å²) in [5, 5.41) is 11.4. The van der Waals surface area contributed by atoms with E-state index in [1.54, 1.807) is 25.2 Å². The number of methoxy groups -OCH3 is 2. The number of hydrogen-bond donors (Lipinski definition) is 2. The SMILES string of the molecule is COc1ccc(C=CC(=O)N2CCC(C(=O)NC(C)C(=O)O)CC2)c(OC)c1C. The number of hydrogen-bond acceptors (Lipinski definition) is 5. The molecular formula is C21H28N2O6. The lowest BCUT2D eigenvalue weighted by Gasteiger charge is -2.31. The molecule has 1 aliphatic rings. The lowest BCUT2D eigenvalue weighted by Crippen LogP contribution is -2.46. The molecule has 1 heterocycles. The van der Waals surface area contributed by atoms with E-state index in [1.807, 2.05) is 19.1 Å². The van der Waals surface area contributed by atoms with Gasteiger partial charge in [-0.2, -0.15) is 0 Å². The Kier molecular flexibility index (Phi) is 7.64. The summed E-state index contributed by atoms with van der Waals surface area (Å²) in [5.74, 6) is -0.409. The average Bonchev–Trinajstić information content (AvgIpc) is 2.71. The first-order valence-corrected chi connectivity index (χ1v) is 9.50. The number of carbonyl (C=O) groups is 3. The number of rotatable bonds is 7. The highest BCUT2D eigenvalue weighted by Gasteiger charge is 2.28. The van der Waals surface area contributed by atoms with E-state index >= 15 is 0 Å². The first-order chi connectivity index (χ1) is 13.8. The molecule has 0 spiro atoms. The van der Waals surface area contributed by atoms with Crippen LogP contribution < -0.4 is 14.8 Å². The molecule has 2 N–H and O–H groups in total. The van der Waals surface area contributed by atoms with Gasteiger partial charge in [-0.25, -0.2) is 0 Å². The lowest BCUT2D eigenvalue weighted by atomic mass is 9.95. The summed E-state index contributed by atoms with van der Waals surface area (Å²) in [6, 6.07) is 2.73. The van der Waals surface area contributed by atoms with E-state index in [-0.39, 0.29) is 17.7 Å². The monoisotopic (exact) mass is 404 g/mol. The van der Waals surface area contributed by atoms with Gasteiger partial charge in [0.2, 0.25) is 11.8 Å². The minimum atomic E-state index is -1.07. The molecule has 0 bridgehead atoms. The predicted octanol–water partition coefficient (Wildman–Crippen LogP) is 1.85. The Morgan fingerprint density at radius 2 is 1.86 bits per heavy atom. The van der Waals surface area contributed by atoms with Gasteiger partial charge in [0, 0.05) is 36.2 Å². The number of carboxylic acid groups (broad SMARTS) is 1. The zero-order valence-electron chi connectivity index (χ0n) is 17.2. The molecule has 2 rings (SSSR count). The van der Waals surface area contributed by atoms with Crippen LogP contribution in [0.1, 0.15) is 30.9 Å². The summed E-state index contributed by atoms with van der Waals surface area (Å²) in [7, 11) is 3.16. The fraction of sp³-hybridized carbons (Fsp3) is 0.476. The van der Waals surface area contributed by atoms with Gasteiger partial charge in [-0.05, 0) is 44.9 Å². The molecule has 1 aromatic rings. The second-order valence-corrected chi connectivity index (χ2v) is 7.02. The van der Waals surface area contributed by atoms with Gasteiger partial charge in [0.1, 0.15) is 17.5 Å². The molecule has 8 heteroatoms. The molecule has 0 radical (unpaired) electrons. The van der Waals surface area contributed by atoms with Crippen LogP contribution in [0.25, 0.3) is 6.08 Å². The largest absolute Gasteiger partial charge is 0.496 e. The van der Waals surface area contributed by atoms with E-state index in [4.69, 9.17) is 14.6 Å². The van der Waals surface area contributed by atoms with Crippen LogP contribution in [0.5, 0.6) is 11.5 Å². The van der Waals surface area contributed by atoms with E-state index in [9.17, 15) is 14.4 Å². The Hall–Kier alpha value is -3.03. The number of carbonyl (C=O) groups excluding carboxylic acids is 2. The lowest BCUT2D eigenvalue weighted by molar-refractivity contribution is -0.142. The number of carboxylic acids is 1. The Labute approximate surface area is 170 Å². The van der Waals surface area contributed by atoms with Crippen molar-refractivity contribution in [2.45, 2.75) is 32.7 Å². The summed E-state index contributed by atoms with van der Waals surface area (Å²) in [6.07, 6.45) is 4.21. The van der Waals surface area contributed by atoms with Gasteiger partial charge in [-0.15, -0.1) is 0 Å². The van der Waals surface area contributed by atoms with Crippen molar-refractivity contribution >= 4 is 23.9 Å². The molecule has 1 aliphatic heterocycles. The van der Waals surface area contributed by atoms with Gasteiger partial charge >= 0.3 is 5.97 Å². The summed E-state index contributed by atoms with van der Waals surface area (Å²) in [6.45, 7) is 4.21. The van der Waals surface area contributed by atoms with Gasteiger partial charge in [-0.3, -0.25) is 14.4 Å². The van der Waals surface area contributed by atoms with Crippen molar-refractivity contribution in [1.29, 1.82) is 0 Å². The third kappa shape index (κ3) is 5.49. The fourth-order valence-corrected chi connectivity index (χ4v) is 3.34. The first kappa shape index (κ1) is 22.3. The maximum absolute atomic E-state index is 12.5. The Bertz CT molecular complexity index is 797. The highest BCUT2D eigenvalue weighted by Crippen LogP contribution is 2.32. The second kappa shape index (κ2) is 9.95. The number of nitrogens with one attached hydrogen (secondary N) is 1. The molecule has 2 amide bonds. The quantitative estimate of drug-likeness (QED) is 0.672. The van der Waals surface area contributed by atoms with Crippen molar-refractivity contribution in [2.75, 3.05) is 27.3 Å². The molecule has 8 nitrogen and oxygen atoms in total. The van der Waals surface area contributed by atoms with Crippen LogP contribution in [0.15, 0.2) is 18.2 Å². The van der Waals surface area contributed by atoms with E-state index in [0.717, 1.165) is 11.1 Å².